The fourth-order valence-electron chi connectivity index (χ4n) is 5.72. The van der Waals surface area contributed by atoms with E-state index in [1.165, 1.54) is 11.9 Å². The number of halogens is 2. The fraction of sp³-hybridized carbons (Fsp3) is 0.379. The number of likely N-dealkylation sites (tertiary alicyclic amines) is 1. The predicted octanol–water partition coefficient (Wildman–Crippen LogP) is 5.12. The van der Waals surface area contributed by atoms with Gasteiger partial charge in [0.05, 0.1) is 12.2 Å². The summed E-state index contributed by atoms with van der Waals surface area (Å²) < 4.78 is 17.7. The van der Waals surface area contributed by atoms with Gasteiger partial charge in [0.2, 0.25) is 5.91 Å². The number of carbonyl (C=O) groups excluding carboxylic acids is 1. The number of anilines is 2. The number of amides is 1. The van der Waals surface area contributed by atoms with Gasteiger partial charge in [0.15, 0.2) is 5.67 Å². The Morgan fingerprint density at radius 3 is 2.72 bits per heavy atom. The summed E-state index contributed by atoms with van der Waals surface area (Å²) in [5, 5.41) is 6.86. The number of pyridine rings is 1. The minimum atomic E-state index is -1.37. The molecule has 0 radical (unpaired) electrons. The van der Waals surface area contributed by atoms with Crippen molar-refractivity contribution in [2.45, 2.75) is 43.3 Å². The molecule has 1 aliphatic heterocycles. The summed E-state index contributed by atoms with van der Waals surface area (Å²) in [6, 6.07) is 11.4. The van der Waals surface area contributed by atoms with Gasteiger partial charge >= 0.3 is 0 Å². The van der Waals surface area contributed by atoms with Crippen LogP contribution in [-0.4, -0.2) is 50.3 Å². The van der Waals surface area contributed by atoms with Crippen molar-refractivity contribution in [1.29, 1.82) is 0 Å². The van der Waals surface area contributed by atoms with Crippen molar-refractivity contribution >= 4 is 34.8 Å². The number of aromatic nitrogens is 4. The molecule has 0 bridgehead atoms. The lowest BCUT2D eigenvalue weighted by molar-refractivity contribution is -0.117. The standard InChI is InChI=1S/C29H29ClFN7O/c1-37-14-29(31,15-37)24-8-19(17-5-6-17)12-38-13-21(35-27(24)38)11-32-25-10-26(34-16-33-25)36-28(39)23-9-22(23)18-3-2-4-20(30)7-18/h2-4,7-8,10,12-13,16-17,22-23H,5-6,9,11,14-15H2,1H3,(H2,32,33,34,36,39)/t22-,23+/m1/s1. The zero-order valence-electron chi connectivity index (χ0n) is 21.6. The lowest BCUT2D eigenvalue weighted by Gasteiger charge is -2.42. The van der Waals surface area contributed by atoms with Gasteiger partial charge in [-0.15, -0.1) is 0 Å². The molecular formula is C29H29ClFN7O. The summed E-state index contributed by atoms with van der Waals surface area (Å²) in [6.45, 7) is 1.17. The van der Waals surface area contributed by atoms with E-state index in [9.17, 15) is 4.79 Å². The third kappa shape index (κ3) is 4.85. The van der Waals surface area contributed by atoms with E-state index in [4.69, 9.17) is 16.6 Å². The Morgan fingerprint density at radius 2 is 1.95 bits per heavy atom. The number of fused-ring (bicyclic) bond motifs is 1. The van der Waals surface area contributed by atoms with Gasteiger partial charge in [0, 0.05) is 48.1 Å². The molecule has 2 aliphatic carbocycles. The van der Waals surface area contributed by atoms with Crippen molar-refractivity contribution in [3.8, 4) is 0 Å². The number of hydrogen-bond acceptors (Lipinski definition) is 6. The zero-order valence-corrected chi connectivity index (χ0v) is 22.3. The molecule has 1 aromatic carbocycles. The van der Waals surface area contributed by atoms with Crippen LogP contribution >= 0.6 is 11.6 Å². The first-order valence-electron chi connectivity index (χ1n) is 13.4. The van der Waals surface area contributed by atoms with Gasteiger partial charge in [-0.25, -0.2) is 19.3 Å². The summed E-state index contributed by atoms with van der Waals surface area (Å²) in [6.07, 6.45) is 8.56. The maximum atomic E-state index is 15.7. The summed E-state index contributed by atoms with van der Waals surface area (Å²) in [5.41, 5.74) is 3.03. The van der Waals surface area contributed by atoms with Crippen LogP contribution in [0.5, 0.6) is 0 Å². The van der Waals surface area contributed by atoms with Crippen molar-refractivity contribution in [3.05, 3.63) is 82.5 Å². The highest BCUT2D eigenvalue weighted by atomic mass is 35.5. The summed E-state index contributed by atoms with van der Waals surface area (Å²) in [7, 11) is 1.93. The second-order valence-corrected chi connectivity index (χ2v) is 11.6. The molecule has 2 N–H and O–H groups in total. The molecule has 3 aliphatic rings. The summed E-state index contributed by atoms with van der Waals surface area (Å²) in [5.74, 6) is 1.54. The van der Waals surface area contributed by atoms with E-state index in [1.807, 2.05) is 52.9 Å². The largest absolute Gasteiger partial charge is 0.364 e. The SMILES string of the molecule is CN1CC(F)(c2cc(C3CC3)cn3cc(CNc4cc(NC(=O)[C@H]5C[C@@H]5c5cccc(Cl)c5)ncn4)nc23)C1. The molecule has 200 valence electrons. The lowest BCUT2D eigenvalue weighted by Crippen LogP contribution is -2.54. The number of imidazole rings is 1. The molecule has 8 nitrogen and oxygen atoms in total. The first kappa shape index (κ1) is 24.5. The van der Waals surface area contributed by atoms with Crippen LogP contribution in [0.15, 0.2) is 55.1 Å². The van der Waals surface area contributed by atoms with E-state index >= 15 is 4.39 Å². The quantitative estimate of drug-likeness (QED) is 0.319. The van der Waals surface area contributed by atoms with Crippen LogP contribution in [0.4, 0.5) is 16.0 Å². The Morgan fingerprint density at radius 1 is 1.13 bits per heavy atom. The van der Waals surface area contributed by atoms with Gasteiger partial charge in [-0.3, -0.25) is 9.69 Å². The monoisotopic (exact) mass is 545 g/mol. The smallest absolute Gasteiger partial charge is 0.229 e. The van der Waals surface area contributed by atoms with E-state index in [0.717, 1.165) is 30.5 Å². The molecule has 1 amide bonds. The van der Waals surface area contributed by atoms with Crippen LogP contribution in [0.3, 0.4) is 0 Å². The Hall–Kier alpha value is -3.56. The molecular weight excluding hydrogens is 517 g/mol. The minimum Gasteiger partial charge on any atom is -0.364 e. The van der Waals surface area contributed by atoms with E-state index in [-0.39, 0.29) is 17.7 Å². The van der Waals surface area contributed by atoms with Crippen LogP contribution in [-0.2, 0) is 17.0 Å². The predicted molar refractivity (Wildman–Crippen MR) is 148 cm³/mol. The molecule has 3 fully saturated rings. The van der Waals surface area contributed by atoms with Gasteiger partial charge in [0.25, 0.3) is 0 Å². The second-order valence-electron chi connectivity index (χ2n) is 11.2. The molecule has 4 aromatic rings. The minimum absolute atomic E-state index is 0.0641. The topological polar surface area (TPSA) is 87.5 Å². The number of benzene rings is 1. The maximum Gasteiger partial charge on any atom is 0.229 e. The number of rotatable bonds is 8. The number of alkyl halides is 1. The third-order valence-corrected chi connectivity index (χ3v) is 8.20. The van der Waals surface area contributed by atoms with Gasteiger partial charge in [-0.1, -0.05) is 23.7 Å². The highest BCUT2D eigenvalue weighted by molar-refractivity contribution is 6.30. The number of carbonyl (C=O) groups is 1. The number of nitrogens with zero attached hydrogens (tertiary/aromatic N) is 5. The molecule has 2 saturated carbocycles. The van der Waals surface area contributed by atoms with Crippen LogP contribution < -0.4 is 10.6 Å². The van der Waals surface area contributed by atoms with Gasteiger partial charge in [0.1, 0.15) is 23.6 Å². The fourth-order valence-corrected chi connectivity index (χ4v) is 5.92. The van der Waals surface area contributed by atoms with E-state index < -0.39 is 5.67 Å². The normalized spacial score (nSPS) is 21.9. The molecule has 4 heterocycles. The van der Waals surface area contributed by atoms with Gasteiger partial charge in [-0.2, -0.15) is 0 Å². The van der Waals surface area contributed by atoms with Crippen LogP contribution in [0.2, 0.25) is 5.02 Å². The van der Waals surface area contributed by atoms with Crippen LogP contribution in [0.25, 0.3) is 5.65 Å². The first-order chi connectivity index (χ1) is 18.8. The zero-order chi connectivity index (χ0) is 26.7. The van der Waals surface area contributed by atoms with E-state index in [1.54, 1.807) is 6.07 Å². The van der Waals surface area contributed by atoms with E-state index in [2.05, 4.69) is 26.8 Å². The van der Waals surface area contributed by atoms with Crippen LogP contribution in [0, 0.1) is 5.92 Å². The molecule has 0 unspecified atom stereocenters. The molecule has 2 atom stereocenters. The molecule has 3 aromatic heterocycles. The van der Waals surface area contributed by atoms with Crippen molar-refractivity contribution in [1.82, 2.24) is 24.3 Å². The van der Waals surface area contributed by atoms with Crippen LogP contribution in [0.1, 0.15) is 53.5 Å². The number of hydrogen-bond donors (Lipinski definition) is 2. The molecule has 10 heteroatoms. The van der Waals surface area contributed by atoms with Crippen molar-refractivity contribution in [2.75, 3.05) is 30.8 Å². The Balaban J connectivity index is 1.04. The lowest BCUT2D eigenvalue weighted by atomic mass is 9.88. The van der Waals surface area contributed by atoms with Crippen molar-refractivity contribution in [2.24, 2.45) is 5.92 Å². The number of nitrogens with one attached hydrogen (secondary N) is 2. The molecule has 7 rings (SSSR count). The van der Waals surface area contributed by atoms with Gasteiger partial charge in [-0.05, 0) is 67.5 Å². The average molecular weight is 546 g/mol. The molecule has 39 heavy (non-hydrogen) atoms. The first-order valence-corrected chi connectivity index (χ1v) is 13.7. The van der Waals surface area contributed by atoms with Gasteiger partial charge < -0.3 is 15.0 Å². The Bertz CT molecular complexity index is 1580. The average Bonchev–Trinajstić information content (AvgIpc) is 3.82. The molecule has 1 saturated heterocycles. The highest BCUT2D eigenvalue weighted by Gasteiger charge is 2.46. The van der Waals surface area contributed by atoms with E-state index in [0.29, 0.717) is 53.4 Å². The maximum absolute atomic E-state index is 15.7. The number of likely N-dealkylation sites (N-methyl/N-ethyl adjacent to an activating group) is 1. The van der Waals surface area contributed by atoms with Crippen molar-refractivity contribution < 1.29 is 9.18 Å². The summed E-state index contributed by atoms with van der Waals surface area (Å²) >= 11 is 6.10. The third-order valence-electron chi connectivity index (χ3n) is 7.97. The second kappa shape index (κ2) is 9.27. The summed E-state index contributed by atoms with van der Waals surface area (Å²) in [4.78, 5) is 28.1. The van der Waals surface area contributed by atoms with Crippen molar-refractivity contribution in [3.63, 3.8) is 0 Å². The Kier molecular flexibility index (Phi) is 5.82. The highest BCUT2D eigenvalue weighted by Crippen LogP contribution is 2.48. The Labute approximate surface area is 230 Å². The molecule has 0 spiro atoms.